The Morgan fingerprint density at radius 3 is 1.46 bits per heavy atom. The van der Waals surface area contributed by atoms with E-state index in [1.807, 2.05) is 11.3 Å². The number of thiophene rings is 1. The monoisotopic (exact) mass is 709 g/mol. The average Bonchev–Trinajstić information content (AvgIpc) is 3.78. The van der Waals surface area contributed by atoms with E-state index < -0.39 is 0 Å². The van der Waals surface area contributed by atoms with Crippen molar-refractivity contribution in [2.24, 2.45) is 0 Å². The van der Waals surface area contributed by atoms with Gasteiger partial charge in [0.05, 0.1) is 0 Å². The molecule has 0 saturated carbocycles. The van der Waals surface area contributed by atoms with E-state index in [0.29, 0.717) is 0 Å². The van der Waals surface area contributed by atoms with Crippen molar-refractivity contribution in [1.82, 2.24) is 0 Å². The molecule has 0 spiro atoms. The molecule has 54 heavy (non-hydrogen) atoms. The third-order valence-electron chi connectivity index (χ3n) is 12.5. The van der Waals surface area contributed by atoms with Gasteiger partial charge in [0.25, 0.3) is 0 Å². The maximum Gasteiger partial charge on any atom is 0.0465 e. The molecule has 0 fully saturated rings. The topological polar surface area (TPSA) is 3.24 Å². The Labute approximate surface area is 320 Å². The average molecular weight is 710 g/mol. The molecule has 0 bridgehead atoms. The second kappa shape index (κ2) is 11.3. The summed E-state index contributed by atoms with van der Waals surface area (Å²) in [6.07, 6.45) is 0. The lowest BCUT2D eigenvalue weighted by atomic mass is 9.82. The Kier molecular flexibility index (Phi) is 6.59. The third-order valence-corrected chi connectivity index (χ3v) is 13.7. The molecule has 0 radical (unpaired) electrons. The highest BCUT2D eigenvalue weighted by atomic mass is 32.1. The first kappa shape index (κ1) is 31.6. The molecule has 0 atom stereocenters. The fraction of sp³-hybridized carbons (Fsp3) is 0.115. The van der Waals surface area contributed by atoms with Crippen molar-refractivity contribution in [3.8, 4) is 33.4 Å². The van der Waals surface area contributed by atoms with Crippen LogP contribution in [0.2, 0.25) is 0 Å². The molecule has 0 N–H and O–H groups in total. The van der Waals surface area contributed by atoms with Crippen LogP contribution in [0.4, 0.5) is 17.1 Å². The summed E-state index contributed by atoms with van der Waals surface area (Å²) >= 11 is 1.90. The van der Waals surface area contributed by atoms with Crippen LogP contribution < -0.4 is 4.90 Å². The summed E-state index contributed by atoms with van der Waals surface area (Å²) in [5.74, 6) is 0. The van der Waals surface area contributed by atoms with Gasteiger partial charge in [-0.1, -0.05) is 143 Å². The van der Waals surface area contributed by atoms with E-state index in [0.717, 1.165) is 5.69 Å². The number of rotatable bonds is 4. The van der Waals surface area contributed by atoms with Crippen LogP contribution in [0.25, 0.3) is 64.3 Å². The fourth-order valence-corrected chi connectivity index (χ4v) is 10.9. The van der Waals surface area contributed by atoms with Crippen molar-refractivity contribution in [3.63, 3.8) is 0 Å². The molecule has 0 amide bonds. The van der Waals surface area contributed by atoms with Gasteiger partial charge in [0, 0.05) is 53.5 Å². The highest BCUT2D eigenvalue weighted by Gasteiger charge is 2.37. The Bertz CT molecular complexity index is 2890. The number of benzene rings is 8. The summed E-state index contributed by atoms with van der Waals surface area (Å²) in [4.78, 5) is 2.47. The number of hydrogen-bond donors (Lipinski definition) is 0. The van der Waals surface area contributed by atoms with Gasteiger partial charge in [0.15, 0.2) is 0 Å². The van der Waals surface area contributed by atoms with E-state index in [2.05, 4.69) is 196 Å². The van der Waals surface area contributed by atoms with Crippen LogP contribution >= 0.6 is 11.3 Å². The van der Waals surface area contributed by atoms with Crippen molar-refractivity contribution in [2.45, 2.75) is 38.5 Å². The van der Waals surface area contributed by atoms with Gasteiger partial charge in [-0.15, -0.1) is 11.3 Å². The van der Waals surface area contributed by atoms with Crippen LogP contribution in [0.1, 0.15) is 49.9 Å². The smallest absolute Gasteiger partial charge is 0.0465 e. The van der Waals surface area contributed by atoms with Gasteiger partial charge in [0.2, 0.25) is 0 Å². The standard InChI is InChI=1S/C52H39NS/c1-51(2)45-18-10-7-14-37(45)39-27-25-34(29-47(39)51)53(35-26-28-40-38-15-8-11-19-46(38)52(3,4)48(40)30-35)33-23-21-32(22-24-33)43-31-44-41-16-9-12-20-49(41)54-50(44)42-17-6-5-13-36(42)43/h5-31H,1-4H3. The van der Waals surface area contributed by atoms with Crippen LogP contribution in [0.5, 0.6) is 0 Å². The van der Waals surface area contributed by atoms with E-state index in [9.17, 15) is 0 Å². The summed E-state index contributed by atoms with van der Waals surface area (Å²) < 4.78 is 2.70. The van der Waals surface area contributed by atoms with Gasteiger partial charge in [-0.2, -0.15) is 0 Å². The Hall–Kier alpha value is -5.96. The lowest BCUT2D eigenvalue weighted by Crippen LogP contribution is -2.18. The van der Waals surface area contributed by atoms with Crippen LogP contribution in [-0.4, -0.2) is 0 Å². The second-order valence-electron chi connectivity index (χ2n) is 16.1. The molecule has 0 aliphatic heterocycles. The molecule has 2 aliphatic carbocycles. The van der Waals surface area contributed by atoms with Gasteiger partial charge >= 0.3 is 0 Å². The molecule has 11 rings (SSSR count). The zero-order chi connectivity index (χ0) is 36.3. The number of hydrogen-bond acceptors (Lipinski definition) is 2. The summed E-state index contributed by atoms with van der Waals surface area (Å²) in [5, 5.41) is 5.27. The molecule has 1 aromatic heterocycles. The maximum atomic E-state index is 2.47. The van der Waals surface area contributed by atoms with Crippen molar-refractivity contribution in [1.29, 1.82) is 0 Å². The summed E-state index contributed by atoms with van der Waals surface area (Å²) in [6.45, 7) is 9.47. The normalized spacial score (nSPS) is 14.6. The summed E-state index contributed by atoms with van der Waals surface area (Å²) in [7, 11) is 0. The molecule has 1 nitrogen and oxygen atoms in total. The molecule has 258 valence electrons. The Morgan fingerprint density at radius 1 is 0.370 bits per heavy atom. The van der Waals surface area contributed by atoms with Crippen LogP contribution in [-0.2, 0) is 10.8 Å². The first-order valence-corrected chi connectivity index (χ1v) is 19.8. The minimum Gasteiger partial charge on any atom is -0.310 e. The number of anilines is 3. The predicted octanol–water partition coefficient (Wildman–Crippen LogP) is 15.0. The third kappa shape index (κ3) is 4.38. The highest BCUT2D eigenvalue weighted by molar-refractivity contribution is 7.26. The minimum absolute atomic E-state index is 0.0927. The fourth-order valence-electron chi connectivity index (χ4n) is 9.69. The molecule has 2 aliphatic rings. The van der Waals surface area contributed by atoms with Crippen LogP contribution in [0, 0.1) is 0 Å². The maximum absolute atomic E-state index is 2.47. The number of nitrogens with zero attached hydrogens (tertiary/aromatic N) is 1. The van der Waals surface area contributed by atoms with Crippen molar-refractivity contribution in [3.05, 3.63) is 186 Å². The number of fused-ring (bicyclic) bond motifs is 11. The molecule has 0 unspecified atom stereocenters. The molecule has 0 saturated heterocycles. The molecule has 1 heterocycles. The van der Waals surface area contributed by atoms with Gasteiger partial charge < -0.3 is 4.90 Å². The van der Waals surface area contributed by atoms with E-state index in [1.54, 1.807) is 0 Å². The van der Waals surface area contributed by atoms with Crippen molar-refractivity contribution >= 4 is 59.3 Å². The van der Waals surface area contributed by atoms with Crippen molar-refractivity contribution in [2.75, 3.05) is 4.90 Å². The molecule has 2 heteroatoms. The molecule has 8 aromatic carbocycles. The SMILES string of the molecule is CC1(C)c2ccccc2-c2ccc(N(c3ccc(-c4cc5c6ccccc6sc5c5ccccc45)cc3)c3ccc4c(c3)C(C)(C)c3ccccc3-4)cc21. The van der Waals surface area contributed by atoms with E-state index in [4.69, 9.17) is 0 Å². The van der Waals surface area contributed by atoms with Crippen LogP contribution in [0.3, 0.4) is 0 Å². The quantitative estimate of drug-likeness (QED) is 0.176. The zero-order valence-electron chi connectivity index (χ0n) is 30.9. The van der Waals surface area contributed by atoms with Gasteiger partial charge in [0.1, 0.15) is 0 Å². The largest absolute Gasteiger partial charge is 0.310 e. The van der Waals surface area contributed by atoms with E-state index in [1.165, 1.54) is 98.0 Å². The van der Waals surface area contributed by atoms with Gasteiger partial charge in [-0.25, -0.2) is 0 Å². The highest BCUT2D eigenvalue weighted by Crippen LogP contribution is 2.53. The van der Waals surface area contributed by atoms with Crippen LogP contribution in [0.15, 0.2) is 164 Å². The first-order valence-electron chi connectivity index (χ1n) is 19.0. The first-order chi connectivity index (χ1) is 26.3. The van der Waals surface area contributed by atoms with E-state index in [-0.39, 0.29) is 10.8 Å². The minimum atomic E-state index is -0.0927. The molecular formula is C52H39NS. The lowest BCUT2D eigenvalue weighted by molar-refractivity contribution is 0.660. The molecular weight excluding hydrogens is 671 g/mol. The second-order valence-corrected chi connectivity index (χ2v) is 17.2. The van der Waals surface area contributed by atoms with Gasteiger partial charge in [-0.05, 0) is 110 Å². The van der Waals surface area contributed by atoms with Gasteiger partial charge in [-0.3, -0.25) is 0 Å². The Morgan fingerprint density at radius 2 is 0.852 bits per heavy atom. The molecule has 9 aromatic rings. The lowest BCUT2D eigenvalue weighted by Gasteiger charge is -2.30. The Balaban J connectivity index is 1.09. The summed E-state index contributed by atoms with van der Waals surface area (Å²) in [6, 6.07) is 61.5. The van der Waals surface area contributed by atoms with Crippen molar-refractivity contribution < 1.29 is 0 Å². The zero-order valence-corrected chi connectivity index (χ0v) is 31.8. The predicted molar refractivity (Wildman–Crippen MR) is 232 cm³/mol. The summed E-state index contributed by atoms with van der Waals surface area (Å²) in [5.41, 5.74) is 16.7. The van der Waals surface area contributed by atoms with E-state index >= 15 is 0 Å².